The van der Waals surface area contributed by atoms with Crippen molar-refractivity contribution in [2.24, 2.45) is 0 Å². The highest BCUT2D eigenvalue weighted by molar-refractivity contribution is 7.89. The van der Waals surface area contributed by atoms with Gasteiger partial charge in [0.25, 0.3) is 0 Å². The van der Waals surface area contributed by atoms with Crippen LogP contribution in [0, 0.1) is 13.8 Å². The molecule has 2 rings (SSSR count). The van der Waals surface area contributed by atoms with Crippen molar-refractivity contribution in [2.45, 2.75) is 18.7 Å². The Kier molecular flexibility index (Phi) is 6.28. The van der Waals surface area contributed by atoms with Crippen LogP contribution in [0.4, 0.5) is 11.4 Å². The molecule has 2 N–H and O–H groups in total. The Labute approximate surface area is 159 Å². The van der Waals surface area contributed by atoms with Gasteiger partial charge in [0.1, 0.15) is 0 Å². The summed E-state index contributed by atoms with van der Waals surface area (Å²) in [6.45, 7) is 3.66. The van der Waals surface area contributed by atoms with Crippen LogP contribution in [0.3, 0.4) is 0 Å². The highest BCUT2D eigenvalue weighted by Gasteiger charge is 2.18. The fourth-order valence-electron chi connectivity index (χ4n) is 2.28. The van der Waals surface area contributed by atoms with Gasteiger partial charge in [-0.2, -0.15) is 0 Å². The summed E-state index contributed by atoms with van der Waals surface area (Å²) in [5, 5.41) is 6.36. The normalized spacial score (nSPS) is 11.5. The molecule has 0 aliphatic carbocycles. The standard InChI is InChI=1S/C18H22ClN3O3S/c1-12-8-9-14(26(24,25)22(3)4)10-17(12)20-11-18(23)21-16-7-5-6-15(19)13(16)2/h5-10,20H,11H2,1-4H3,(H,21,23). The Hall–Kier alpha value is -2.09. The molecule has 0 spiro atoms. The predicted octanol–water partition coefficient (Wildman–Crippen LogP) is 3.26. The summed E-state index contributed by atoms with van der Waals surface area (Å²) < 4.78 is 25.6. The van der Waals surface area contributed by atoms with Crippen LogP contribution in [-0.4, -0.2) is 39.3 Å². The van der Waals surface area contributed by atoms with Crippen LogP contribution >= 0.6 is 11.6 Å². The van der Waals surface area contributed by atoms with E-state index in [1.807, 2.05) is 13.8 Å². The van der Waals surface area contributed by atoms with E-state index in [1.54, 1.807) is 30.3 Å². The highest BCUT2D eigenvalue weighted by atomic mass is 35.5. The van der Waals surface area contributed by atoms with E-state index in [-0.39, 0.29) is 17.3 Å². The number of anilines is 2. The second-order valence-corrected chi connectivity index (χ2v) is 8.64. The summed E-state index contributed by atoms with van der Waals surface area (Å²) in [5.74, 6) is -0.254. The Morgan fingerprint density at radius 1 is 1.12 bits per heavy atom. The van der Waals surface area contributed by atoms with E-state index >= 15 is 0 Å². The molecule has 0 aliphatic rings. The van der Waals surface area contributed by atoms with Crippen LogP contribution < -0.4 is 10.6 Å². The summed E-state index contributed by atoms with van der Waals surface area (Å²) in [5.41, 5.74) is 2.86. The SMILES string of the molecule is Cc1ccc(S(=O)(=O)N(C)C)cc1NCC(=O)Nc1cccc(Cl)c1C. The van der Waals surface area contributed by atoms with Crippen molar-refractivity contribution in [3.63, 3.8) is 0 Å². The Bertz CT molecular complexity index is 927. The minimum atomic E-state index is -3.54. The molecule has 8 heteroatoms. The van der Waals surface area contributed by atoms with Gasteiger partial charge in [0.2, 0.25) is 15.9 Å². The van der Waals surface area contributed by atoms with Crippen molar-refractivity contribution in [2.75, 3.05) is 31.3 Å². The molecule has 0 aliphatic heterocycles. The minimum Gasteiger partial charge on any atom is -0.376 e. The van der Waals surface area contributed by atoms with Gasteiger partial charge in [-0.1, -0.05) is 23.7 Å². The van der Waals surface area contributed by atoms with E-state index in [9.17, 15) is 13.2 Å². The minimum absolute atomic E-state index is 0.00173. The molecule has 0 saturated heterocycles. The molecule has 1 amide bonds. The topological polar surface area (TPSA) is 78.5 Å². The Morgan fingerprint density at radius 2 is 1.81 bits per heavy atom. The molecule has 0 atom stereocenters. The number of benzene rings is 2. The molecule has 26 heavy (non-hydrogen) atoms. The van der Waals surface area contributed by atoms with Crippen molar-refractivity contribution in [1.29, 1.82) is 0 Å². The van der Waals surface area contributed by atoms with Gasteiger partial charge in [-0.05, 0) is 49.2 Å². The summed E-state index contributed by atoms with van der Waals surface area (Å²) in [6, 6.07) is 10.1. The second kappa shape index (κ2) is 8.07. The molecular weight excluding hydrogens is 374 g/mol. The highest BCUT2D eigenvalue weighted by Crippen LogP contribution is 2.24. The van der Waals surface area contributed by atoms with Crippen LogP contribution in [0.1, 0.15) is 11.1 Å². The zero-order valence-corrected chi connectivity index (χ0v) is 16.7. The quantitative estimate of drug-likeness (QED) is 0.786. The number of carbonyl (C=O) groups excluding carboxylic acids is 1. The van der Waals surface area contributed by atoms with Crippen LogP contribution in [0.15, 0.2) is 41.3 Å². The number of hydrogen-bond donors (Lipinski definition) is 2. The van der Waals surface area contributed by atoms with Gasteiger partial charge < -0.3 is 10.6 Å². The van der Waals surface area contributed by atoms with E-state index in [0.29, 0.717) is 16.4 Å². The van der Waals surface area contributed by atoms with E-state index in [1.165, 1.54) is 20.2 Å². The number of sulfonamides is 1. The fraction of sp³-hybridized carbons (Fsp3) is 0.278. The van der Waals surface area contributed by atoms with Crippen LogP contribution in [-0.2, 0) is 14.8 Å². The van der Waals surface area contributed by atoms with E-state index in [4.69, 9.17) is 11.6 Å². The lowest BCUT2D eigenvalue weighted by atomic mass is 10.2. The van der Waals surface area contributed by atoms with Crippen molar-refractivity contribution in [1.82, 2.24) is 4.31 Å². The van der Waals surface area contributed by atoms with E-state index in [2.05, 4.69) is 10.6 Å². The number of aryl methyl sites for hydroxylation is 1. The molecule has 0 heterocycles. The maximum Gasteiger partial charge on any atom is 0.243 e. The maximum atomic E-state index is 12.3. The number of hydrogen-bond acceptors (Lipinski definition) is 4. The molecule has 2 aromatic carbocycles. The first kappa shape index (κ1) is 20.2. The molecule has 0 fully saturated rings. The fourth-order valence-corrected chi connectivity index (χ4v) is 3.38. The van der Waals surface area contributed by atoms with Gasteiger partial charge in [0.15, 0.2) is 0 Å². The molecule has 0 unspecified atom stereocenters. The monoisotopic (exact) mass is 395 g/mol. The van der Waals surface area contributed by atoms with Crippen molar-refractivity contribution in [3.8, 4) is 0 Å². The van der Waals surface area contributed by atoms with Gasteiger partial charge in [0.05, 0.1) is 11.4 Å². The maximum absolute atomic E-state index is 12.3. The number of carbonyl (C=O) groups is 1. The number of nitrogens with zero attached hydrogens (tertiary/aromatic N) is 1. The van der Waals surface area contributed by atoms with Gasteiger partial charge in [-0.15, -0.1) is 0 Å². The molecular formula is C18H22ClN3O3S. The molecule has 0 radical (unpaired) electrons. The summed E-state index contributed by atoms with van der Waals surface area (Å²) in [7, 11) is -0.585. The summed E-state index contributed by atoms with van der Waals surface area (Å²) in [4.78, 5) is 12.4. The van der Waals surface area contributed by atoms with Gasteiger partial charge in [-0.3, -0.25) is 4.79 Å². The number of amides is 1. The molecule has 0 bridgehead atoms. The molecule has 0 saturated carbocycles. The van der Waals surface area contributed by atoms with Crippen molar-refractivity contribution >= 4 is 38.9 Å². The first-order valence-electron chi connectivity index (χ1n) is 7.95. The summed E-state index contributed by atoms with van der Waals surface area (Å²) in [6.07, 6.45) is 0. The lowest BCUT2D eigenvalue weighted by molar-refractivity contribution is -0.114. The Balaban J connectivity index is 2.12. The lowest BCUT2D eigenvalue weighted by Crippen LogP contribution is -2.24. The average molecular weight is 396 g/mol. The van der Waals surface area contributed by atoms with E-state index in [0.717, 1.165) is 15.4 Å². The third-order valence-corrected chi connectivity index (χ3v) is 6.19. The lowest BCUT2D eigenvalue weighted by Gasteiger charge is -2.15. The van der Waals surface area contributed by atoms with Crippen LogP contribution in [0.2, 0.25) is 5.02 Å². The van der Waals surface area contributed by atoms with Gasteiger partial charge >= 0.3 is 0 Å². The van der Waals surface area contributed by atoms with Crippen molar-refractivity contribution < 1.29 is 13.2 Å². The zero-order chi connectivity index (χ0) is 19.5. The first-order chi connectivity index (χ1) is 12.1. The van der Waals surface area contributed by atoms with Gasteiger partial charge in [0, 0.05) is 30.5 Å². The van der Waals surface area contributed by atoms with Gasteiger partial charge in [-0.25, -0.2) is 12.7 Å². The largest absolute Gasteiger partial charge is 0.376 e. The second-order valence-electron chi connectivity index (χ2n) is 6.08. The third kappa shape index (κ3) is 4.55. The molecule has 140 valence electrons. The summed E-state index contributed by atoms with van der Waals surface area (Å²) >= 11 is 6.05. The molecule has 2 aromatic rings. The molecule has 0 aromatic heterocycles. The van der Waals surface area contributed by atoms with Crippen molar-refractivity contribution in [3.05, 3.63) is 52.5 Å². The van der Waals surface area contributed by atoms with Crippen LogP contribution in [0.25, 0.3) is 0 Å². The molecule has 6 nitrogen and oxygen atoms in total. The smallest absolute Gasteiger partial charge is 0.243 e. The third-order valence-electron chi connectivity index (χ3n) is 3.97. The number of nitrogens with one attached hydrogen (secondary N) is 2. The first-order valence-corrected chi connectivity index (χ1v) is 9.76. The Morgan fingerprint density at radius 3 is 2.46 bits per heavy atom. The average Bonchev–Trinajstić information content (AvgIpc) is 2.58. The zero-order valence-electron chi connectivity index (χ0n) is 15.1. The number of rotatable bonds is 6. The number of halogens is 1. The van der Waals surface area contributed by atoms with E-state index < -0.39 is 10.0 Å². The van der Waals surface area contributed by atoms with Crippen LogP contribution in [0.5, 0.6) is 0 Å². The predicted molar refractivity (Wildman–Crippen MR) is 105 cm³/mol.